The molecule has 5 rings (SSSR count). The number of aromatic nitrogens is 4. The molecule has 8 heteroatoms. The van der Waals surface area contributed by atoms with Gasteiger partial charge < -0.3 is 10.1 Å². The molecule has 1 atom stereocenters. The van der Waals surface area contributed by atoms with Gasteiger partial charge in [0.15, 0.2) is 5.69 Å². The van der Waals surface area contributed by atoms with Crippen molar-refractivity contribution in [3.8, 4) is 21.1 Å². The summed E-state index contributed by atoms with van der Waals surface area (Å²) in [7, 11) is 0. The number of fused-ring (bicyclic) bond motifs is 1. The summed E-state index contributed by atoms with van der Waals surface area (Å²) >= 11 is 1.44. The van der Waals surface area contributed by atoms with E-state index in [1.165, 1.54) is 11.3 Å². The van der Waals surface area contributed by atoms with Crippen molar-refractivity contribution in [2.45, 2.75) is 19.4 Å². The Bertz CT molecular complexity index is 1180. The third-order valence-electron chi connectivity index (χ3n) is 5.03. The summed E-state index contributed by atoms with van der Waals surface area (Å²) in [5.41, 5.74) is 3.96. The first-order chi connectivity index (χ1) is 14.2. The van der Waals surface area contributed by atoms with Crippen molar-refractivity contribution in [1.29, 1.82) is 0 Å². The summed E-state index contributed by atoms with van der Waals surface area (Å²) in [5, 5.41) is 12.4. The first-order valence-corrected chi connectivity index (χ1v) is 10.3. The summed E-state index contributed by atoms with van der Waals surface area (Å²) in [6.45, 7) is 3.55. The van der Waals surface area contributed by atoms with Crippen LogP contribution in [0.2, 0.25) is 0 Å². The van der Waals surface area contributed by atoms with Crippen LogP contribution in [0.3, 0.4) is 0 Å². The van der Waals surface area contributed by atoms with Crippen molar-refractivity contribution >= 4 is 28.2 Å². The number of para-hydroxylation sites is 1. The van der Waals surface area contributed by atoms with E-state index in [1.54, 1.807) is 12.4 Å². The largest absolute Gasteiger partial charge is 0.456 e. The number of pyridine rings is 1. The Kier molecular flexibility index (Phi) is 4.57. The summed E-state index contributed by atoms with van der Waals surface area (Å²) in [5.74, 6) is -0.403. The zero-order chi connectivity index (χ0) is 19.8. The molecule has 0 aliphatic carbocycles. The number of rotatable bonds is 4. The predicted octanol–water partition coefficient (Wildman–Crippen LogP) is 3.58. The van der Waals surface area contributed by atoms with E-state index >= 15 is 0 Å². The van der Waals surface area contributed by atoms with Crippen molar-refractivity contribution in [1.82, 2.24) is 25.5 Å². The Balaban J connectivity index is 1.60. The van der Waals surface area contributed by atoms with Crippen LogP contribution in [-0.4, -0.2) is 45.3 Å². The van der Waals surface area contributed by atoms with Crippen LogP contribution in [0.5, 0.6) is 0 Å². The van der Waals surface area contributed by atoms with E-state index in [0.717, 1.165) is 45.6 Å². The van der Waals surface area contributed by atoms with Crippen molar-refractivity contribution in [3.63, 3.8) is 0 Å². The fourth-order valence-electron chi connectivity index (χ4n) is 3.54. The number of hydrogen-bond acceptors (Lipinski definition) is 7. The Hall–Kier alpha value is -3.10. The highest BCUT2D eigenvalue weighted by molar-refractivity contribution is 7.18. The van der Waals surface area contributed by atoms with Gasteiger partial charge in [-0.15, -0.1) is 11.3 Å². The maximum Gasteiger partial charge on any atom is 0.358 e. The number of aromatic amines is 1. The zero-order valence-electron chi connectivity index (χ0n) is 15.8. The van der Waals surface area contributed by atoms with Crippen LogP contribution < -0.4 is 5.32 Å². The number of esters is 1. The number of benzene rings is 1. The number of nitrogens with one attached hydrogen (secondary N) is 2. The van der Waals surface area contributed by atoms with Crippen LogP contribution in [0.25, 0.3) is 32.0 Å². The number of thiazole rings is 1. The number of carbonyl (C=O) groups excluding carboxylic acids is 1. The van der Waals surface area contributed by atoms with Crippen LogP contribution in [0.4, 0.5) is 0 Å². The van der Waals surface area contributed by atoms with E-state index in [-0.39, 0.29) is 6.10 Å². The van der Waals surface area contributed by atoms with Gasteiger partial charge in [0, 0.05) is 29.9 Å². The molecular weight excluding hydrogens is 386 g/mol. The molecule has 0 bridgehead atoms. The van der Waals surface area contributed by atoms with E-state index in [9.17, 15) is 4.79 Å². The average molecular weight is 405 g/mol. The Morgan fingerprint density at radius 3 is 3.00 bits per heavy atom. The zero-order valence-corrected chi connectivity index (χ0v) is 16.6. The van der Waals surface area contributed by atoms with Crippen LogP contribution >= 0.6 is 11.3 Å². The van der Waals surface area contributed by atoms with Gasteiger partial charge in [-0.2, -0.15) is 5.10 Å². The minimum Gasteiger partial charge on any atom is -0.456 e. The lowest BCUT2D eigenvalue weighted by molar-refractivity contribution is 0.0339. The fraction of sp³-hybridized carbons (Fsp3) is 0.238. The van der Waals surface area contributed by atoms with Gasteiger partial charge in [-0.05, 0) is 31.5 Å². The van der Waals surface area contributed by atoms with E-state index in [4.69, 9.17) is 4.74 Å². The molecule has 0 radical (unpaired) electrons. The molecular formula is C21H19N5O2S. The number of carbonyl (C=O) groups is 1. The number of nitrogens with zero attached hydrogens (tertiary/aromatic N) is 3. The molecule has 0 amide bonds. The first-order valence-electron chi connectivity index (χ1n) is 9.47. The van der Waals surface area contributed by atoms with Crippen LogP contribution in [-0.2, 0) is 4.74 Å². The molecule has 146 valence electrons. The van der Waals surface area contributed by atoms with Crippen LogP contribution in [0.15, 0.2) is 42.7 Å². The summed E-state index contributed by atoms with van der Waals surface area (Å²) in [6, 6.07) is 9.80. The second-order valence-corrected chi connectivity index (χ2v) is 8.03. The van der Waals surface area contributed by atoms with Gasteiger partial charge in [-0.3, -0.25) is 10.1 Å². The van der Waals surface area contributed by atoms with Crippen molar-refractivity contribution in [2.75, 3.05) is 13.1 Å². The molecule has 29 heavy (non-hydrogen) atoms. The van der Waals surface area contributed by atoms with Gasteiger partial charge in [0.2, 0.25) is 0 Å². The third-order valence-corrected chi connectivity index (χ3v) is 6.16. The van der Waals surface area contributed by atoms with Crippen LogP contribution in [0, 0.1) is 6.92 Å². The molecule has 1 saturated heterocycles. The minimum atomic E-state index is -0.403. The van der Waals surface area contributed by atoms with Gasteiger partial charge in [0.05, 0.1) is 10.4 Å². The minimum absolute atomic E-state index is 0.120. The number of aryl methyl sites for hydroxylation is 1. The van der Waals surface area contributed by atoms with E-state index < -0.39 is 5.97 Å². The van der Waals surface area contributed by atoms with Gasteiger partial charge in [-0.1, -0.05) is 24.3 Å². The molecule has 4 heterocycles. The Morgan fingerprint density at radius 2 is 2.21 bits per heavy atom. The lowest BCUT2D eigenvalue weighted by Crippen LogP contribution is -2.21. The number of H-pyrrole nitrogens is 1. The second-order valence-electron chi connectivity index (χ2n) is 7.03. The Labute approximate surface area is 171 Å². The molecule has 7 nitrogen and oxygen atoms in total. The molecule has 1 aliphatic heterocycles. The standard InChI is InChI=1S/C21H19N5O2S/c1-12-4-2-6-15-16(12)25-26-17(15)20-24-18(21(27)28-14-7-9-23-11-14)19(29-20)13-5-3-8-22-10-13/h2-6,8,10,14,23H,7,9,11H2,1H3,(H,25,26). The molecule has 2 N–H and O–H groups in total. The fourth-order valence-corrected chi connectivity index (χ4v) is 4.59. The molecule has 1 unspecified atom stereocenters. The molecule has 0 spiro atoms. The lowest BCUT2D eigenvalue weighted by Gasteiger charge is -2.10. The third kappa shape index (κ3) is 3.30. The van der Waals surface area contributed by atoms with Gasteiger partial charge in [0.1, 0.15) is 16.8 Å². The highest BCUT2D eigenvalue weighted by Crippen LogP contribution is 2.37. The molecule has 0 saturated carbocycles. The summed E-state index contributed by atoms with van der Waals surface area (Å²) < 4.78 is 5.69. The predicted molar refractivity (Wildman–Crippen MR) is 112 cm³/mol. The van der Waals surface area contributed by atoms with Gasteiger partial charge in [-0.25, -0.2) is 9.78 Å². The number of ether oxygens (including phenoxy) is 1. The van der Waals surface area contributed by atoms with Crippen molar-refractivity contribution < 1.29 is 9.53 Å². The number of hydrogen-bond donors (Lipinski definition) is 2. The monoisotopic (exact) mass is 405 g/mol. The molecule has 1 aromatic carbocycles. The highest BCUT2D eigenvalue weighted by atomic mass is 32.1. The molecule has 1 fully saturated rings. The lowest BCUT2D eigenvalue weighted by atomic mass is 10.1. The second kappa shape index (κ2) is 7.38. The van der Waals surface area contributed by atoms with E-state index in [2.05, 4.69) is 25.5 Å². The van der Waals surface area contributed by atoms with Crippen LogP contribution in [0.1, 0.15) is 22.5 Å². The highest BCUT2D eigenvalue weighted by Gasteiger charge is 2.27. The van der Waals surface area contributed by atoms with E-state index in [1.807, 2.05) is 37.3 Å². The molecule has 3 aromatic heterocycles. The smallest absolute Gasteiger partial charge is 0.358 e. The maximum absolute atomic E-state index is 12.9. The SMILES string of the molecule is Cc1cccc2c(-c3nc(C(=O)OC4CCNC4)c(-c4cccnc4)s3)[nH]nc12. The average Bonchev–Trinajstić information content (AvgIpc) is 3.48. The first kappa shape index (κ1) is 18.0. The maximum atomic E-state index is 12.9. The Morgan fingerprint density at radius 1 is 1.28 bits per heavy atom. The summed E-state index contributed by atoms with van der Waals surface area (Å²) in [4.78, 5) is 22.6. The van der Waals surface area contributed by atoms with Crippen molar-refractivity contribution in [2.24, 2.45) is 0 Å². The topological polar surface area (TPSA) is 92.8 Å². The van der Waals surface area contributed by atoms with Gasteiger partial charge in [0.25, 0.3) is 0 Å². The quantitative estimate of drug-likeness (QED) is 0.504. The molecule has 4 aromatic rings. The van der Waals surface area contributed by atoms with Crippen molar-refractivity contribution in [3.05, 3.63) is 54.0 Å². The summed E-state index contributed by atoms with van der Waals surface area (Å²) in [6.07, 6.45) is 4.14. The van der Waals surface area contributed by atoms with Gasteiger partial charge >= 0.3 is 5.97 Å². The van der Waals surface area contributed by atoms with E-state index in [0.29, 0.717) is 17.2 Å². The normalized spacial score (nSPS) is 16.4. The molecule has 1 aliphatic rings.